The maximum absolute atomic E-state index is 14.1. The van der Waals surface area contributed by atoms with Crippen molar-refractivity contribution >= 4 is 0 Å². The maximum Gasteiger partial charge on any atom is 0.130 e. The van der Waals surface area contributed by atoms with Crippen LogP contribution in [0.15, 0.2) is 18.2 Å². The first-order valence-electron chi connectivity index (χ1n) is 9.44. The number of fused-ring (bicyclic) bond motifs is 1. The molecule has 0 bridgehead atoms. The van der Waals surface area contributed by atoms with E-state index in [0.29, 0.717) is 12.1 Å². The number of ether oxygens (including phenoxy) is 2. The Hall–Kier alpha value is -1.04. The zero-order valence-electron chi connectivity index (χ0n) is 14.8. The van der Waals surface area contributed by atoms with Gasteiger partial charge in [0.1, 0.15) is 11.6 Å². The lowest BCUT2D eigenvalue weighted by Crippen LogP contribution is -2.51. The summed E-state index contributed by atoms with van der Waals surface area (Å²) in [7, 11) is 1.79. The Morgan fingerprint density at radius 2 is 2.04 bits per heavy atom. The molecule has 3 nitrogen and oxygen atoms in total. The molecule has 138 valence electrons. The molecule has 4 rings (SSSR count). The molecule has 1 aromatic carbocycles. The highest BCUT2D eigenvalue weighted by Crippen LogP contribution is 2.44. The van der Waals surface area contributed by atoms with Gasteiger partial charge in [0, 0.05) is 44.5 Å². The minimum Gasteiger partial charge on any atom is -0.378 e. The number of hydrogen-bond acceptors (Lipinski definition) is 3. The minimum absolute atomic E-state index is 0.143. The highest BCUT2D eigenvalue weighted by molar-refractivity contribution is 5.19. The first-order valence-corrected chi connectivity index (χ1v) is 9.44. The summed E-state index contributed by atoms with van der Waals surface area (Å²) in [5.41, 5.74) is 0.407. The third kappa shape index (κ3) is 3.60. The van der Waals surface area contributed by atoms with Crippen LogP contribution in [0.5, 0.6) is 0 Å². The molecule has 0 aromatic heterocycles. The number of hydrogen-bond donors (Lipinski definition) is 0. The fourth-order valence-electron chi connectivity index (χ4n) is 4.52. The second kappa shape index (κ2) is 6.93. The summed E-state index contributed by atoms with van der Waals surface area (Å²) in [4.78, 5) is 2.30. The van der Waals surface area contributed by atoms with Crippen LogP contribution in [0.25, 0.3) is 0 Å². The molecule has 0 unspecified atom stereocenters. The lowest BCUT2D eigenvalue weighted by molar-refractivity contribution is -0.103. The molecule has 3 atom stereocenters. The van der Waals surface area contributed by atoms with Crippen LogP contribution in [0.3, 0.4) is 0 Å². The van der Waals surface area contributed by atoms with Crippen LogP contribution < -0.4 is 0 Å². The zero-order chi connectivity index (χ0) is 17.4. The Kier molecular flexibility index (Phi) is 4.82. The summed E-state index contributed by atoms with van der Waals surface area (Å²) >= 11 is 0. The summed E-state index contributed by atoms with van der Waals surface area (Å²) in [6.45, 7) is 2.26. The van der Waals surface area contributed by atoms with Crippen LogP contribution in [0.2, 0.25) is 0 Å². The molecule has 25 heavy (non-hydrogen) atoms. The van der Waals surface area contributed by atoms with Crippen molar-refractivity contribution in [2.75, 3.05) is 20.3 Å². The summed E-state index contributed by atoms with van der Waals surface area (Å²) in [6, 6.07) is 4.10. The highest BCUT2D eigenvalue weighted by Gasteiger charge is 2.51. The SMILES string of the molecule is CO[C@@]12CC[C@@H](OCC3CC3)C[C@@H]1N(Cc1ccc(F)cc1F)CC2. The first-order chi connectivity index (χ1) is 12.1. The molecule has 2 aliphatic carbocycles. The first kappa shape index (κ1) is 17.4. The molecule has 3 fully saturated rings. The van der Waals surface area contributed by atoms with Gasteiger partial charge in [0.15, 0.2) is 0 Å². The van der Waals surface area contributed by atoms with E-state index < -0.39 is 11.6 Å². The van der Waals surface area contributed by atoms with E-state index in [4.69, 9.17) is 9.47 Å². The smallest absolute Gasteiger partial charge is 0.130 e. The van der Waals surface area contributed by atoms with Gasteiger partial charge in [-0.05, 0) is 50.5 Å². The summed E-state index contributed by atoms with van der Waals surface area (Å²) < 4.78 is 39.3. The van der Waals surface area contributed by atoms with E-state index in [2.05, 4.69) is 4.90 Å². The monoisotopic (exact) mass is 351 g/mol. The van der Waals surface area contributed by atoms with Gasteiger partial charge >= 0.3 is 0 Å². The standard InChI is InChI=1S/C20H27F2NO2/c1-24-20-7-6-17(25-13-14-2-3-14)11-19(20)23(9-8-20)12-15-4-5-16(21)10-18(15)22/h4-5,10,14,17,19H,2-3,6-9,11-13H2,1H3/t17-,19+,20-/m1/s1. The molecule has 1 aromatic rings. The molecule has 2 saturated carbocycles. The molecule has 0 N–H and O–H groups in total. The number of halogens is 2. The molecule has 1 aliphatic heterocycles. The van der Waals surface area contributed by atoms with Crippen molar-refractivity contribution in [3.63, 3.8) is 0 Å². The van der Waals surface area contributed by atoms with E-state index in [1.807, 2.05) is 0 Å². The second-order valence-electron chi connectivity index (χ2n) is 7.91. The van der Waals surface area contributed by atoms with Crippen molar-refractivity contribution in [1.29, 1.82) is 0 Å². The number of rotatable bonds is 6. The van der Waals surface area contributed by atoms with Crippen LogP contribution >= 0.6 is 0 Å². The van der Waals surface area contributed by atoms with E-state index >= 15 is 0 Å². The highest BCUT2D eigenvalue weighted by atomic mass is 19.1. The molecule has 1 saturated heterocycles. The lowest BCUT2D eigenvalue weighted by atomic mass is 9.79. The number of likely N-dealkylation sites (tertiary alicyclic amines) is 1. The van der Waals surface area contributed by atoms with Crippen LogP contribution in [0.4, 0.5) is 8.78 Å². The molecule has 5 heteroatoms. The average Bonchev–Trinajstić information content (AvgIpc) is 3.37. The van der Waals surface area contributed by atoms with Crippen molar-refractivity contribution in [3.8, 4) is 0 Å². The van der Waals surface area contributed by atoms with Gasteiger partial charge in [-0.2, -0.15) is 0 Å². The normalized spacial score (nSPS) is 32.8. The van der Waals surface area contributed by atoms with E-state index in [1.165, 1.54) is 18.9 Å². The van der Waals surface area contributed by atoms with Gasteiger partial charge in [-0.1, -0.05) is 6.07 Å². The topological polar surface area (TPSA) is 21.7 Å². The van der Waals surface area contributed by atoms with E-state index in [1.54, 1.807) is 13.2 Å². The van der Waals surface area contributed by atoms with Crippen LogP contribution in [-0.2, 0) is 16.0 Å². The molecule has 3 aliphatic rings. The minimum atomic E-state index is -0.528. The molecular weight excluding hydrogens is 324 g/mol. The Balaban J connectivity index is 1.46. The van der Waals surface area contributed by atoms with Crippen LogP contribution in [0, 0.1) is 17.6 Å². The van der Waals surface area contributed by atoms with Crippen molar-refractivity contribution < 1.29 is 18.3 Å². The van der Waals surface area contributed by atoms with Crippen molar-refractivity contribution in [2.45, 2.75) is 62.8 Å². The average molecular weight is 351 g/mol. The zero-order valence-corrected chi connectivity index (χ0v) is 14.8. The number of benzene rings is 1. The van der Waals surface area contributed by atoms with Gasteiger partial charge < -0.3 is 9.47 Å². The Morgan fingerprint density at radius 1 is 1.20 bits per heavy atom. The molecule has 0 spiro atoms. The molecule has 1 heterocycles. The lowest BCUT2D eigenvalue weighted by Gasteiger charge is -2.43. The third-order valence-corrected chi connectivity index (χ3v) is 6.31. The number of methoxy groups -OCH3 is 1. The van der Waals surface area contributed by atoms with Crippen molar-refractivity contribution in [1.82, 2.24) is 4.90 Å². The third-order valence-electron chi connectivity index (χ3n) is 6.31. The van der Waals surface area contributed by atoms with Crippen molar-refractivity contribution in [2.24, 2.45) is 5.92 Å². The molecule has 0 amide bonds. The van der Waals surface area contributed by atoms with Gasteiger partial charge in [-0.15, -0.1) is 0 Å². The Bertz CT molecular complexity index is 622. The fourth-order valence-corrected chi connectivity index (χ4v) is 4.52. The van der Waals surface area contributed by atoms with Gasteiger partial charge in [0.05, 0.1) is 11.7 Å². The van der Waals surface area contributed by atoms with Crippen molar-refractivity contribution in [3.05, 3.63) is 35.4 Å². The summed E-state index contributed by atoms with van der Waals surface area (Å²) in [6.07, 6.45) is 6.80. The molecular formula is C20H27F2NO2. The maximum atomic E-state index is 14.1. The van der Waals surface area contributed by atoms with E-state index in [9.17, 15) is 8.78 Å². The van der Waals surface area contributed by atoms with Gasteiger partial charge in [0.25, 0.3) is 0 Å². The number of nitrogens with zero attached hydrogens (tertiary/aromatic N) is 1. The Labute approximate surface area is 148 Å². The summed E-state index contributed by atoms with van der Waals surface area (Å²) in [5, 5.41) is 0. The van der Waals surface area contributed by atoms with E-state index in [-0.39, 0.29) is 17.7 Å². The summed E-state index contributed by atoms with van der Waals surface area (Å²) in [5.74, 6) is -0.227. The Morgan fingerprint density at radius 3 is 2.76 bits per heavy atom. The second-order valence-corrected chi connectivity index (χ2v) is 7.91. The van der Waals surface area contributed by atoms with Gasteiger partial charge in [-0.3, -0.25) is 4.90 Å². The fraction of sp³-hybridized carbons (Fsp3) is 0.700. The van der Waals surface area contributed by atoms with Gasteiger partial charge in [-0.25, -0.2) is 8.78 Å². The van der Waals surface area contributed by atoms with Crippen LogP contribution in [0.1, 0.15) is 44.1 Å². The van der Waals surface area contributed by atoms with Gasteiger partial charge in [0.2, 0.25) is 0 Å². The predicted molar refractivity (Wildman–Crippen MR) is 91.2 cm³/mol. The predicted octanol–water partition coefficient (Wildman–Crippen LogP) is 3.90. The molecule has 0 radical (unpaired) electrons. The quantitative estimate of drug-likeness (QED) is 0.776. The van der Waals surface area contributed by atoms with Crippen LogP contribution in [-0.4, -0.2) is 42.9 Å². The largest absolute Gasteiger partial charge is 0.378 e. The van der Waals surface area contributed by atoms with E-state index in [0.717, 1.165) is 50.8 Å².